The van der Waals surface area contributed by atoms with Crippen LogP contribution in [-0.4, -0.2) is 12.1 Å². The lowest BCUT2D eigenvalue weighted by molar-refractivity contribution is 0.274. The van der Waals surface area contributed by atoms with E-state index in [4.69, 9.17) is 6.42 Å². The summed E-state index contributed by atoms with van der Waals surface area (Å²) >= 11 is 0. The Hall–Kier alpha value is -0.480. The Morgan fingerprint density at radius 2 is 1.92 bits per heavy atom. The number of nitrogens with one attached hydrogen (secondary N) is 1. The molecule has 0 aliphatic rings. The monoisotopic (exact) mass is 167 g/mol. The molecule has 0 saturated heterocycles. The summed E-state index contributed by atoms with van der Waals surface area (Å²) in [6, 6.07) is 0.678. The molecule has 0 aromatic heterocycles. The van der Waals surface area contributed by atoms with E-state index < -0.39 is 0 Å². The molecule has 0 heterocycles. The summed E-state index contributed by atoms with van der Waals surface area (Å²) in [7, 11) is 0. The summed E-state index contributed by atoms with van der Waals surface area (Å²) in [6.45, 7) is 10.9. The molecule has 0 aliphatic heterocycles. The molecule has 0 aromatic carbocycles. The highest BCUT2D eigenvalue weighted by atomic mass is 14.9. The van der Waals surface area contributed by atoms with E-state index in [9.17, 15) is 0 Å². The van der Waals surface area contributed by atoms with Crippen molar-refractivity contribution in [2.75, 3.05) is 0 Å². The van der Waals surface area contributed by atoms with E-state index in [2.05, 4.69) is 45.9 Å². The first-order chi connectivity index (χ1) is 5.41. The topological polar surface area (TPSA) is 12.0 Å². The highest BCUT2D eigenvalue weighted by Gasteiger charge is 2.21. The predicted octanol–water partition coefficient (Wildman–Crippen LogP) is 2.42. The first kappa shape index (κ1) is 11.5. The van der Waals surface area contributed by atoms with Gasteiger partial charge in [0.2, 0.25) is 0 Å². The SMILES string of the molecule is C#CC(CC)NC(C)C(C)(C)C. The summed E-state index contributed by atoms with van der Waals surface area (Å²) in [5.41, 5.74) is 0.282. The molecule has 12 heavy (non-hydrogen) atoms. The Balaban J connectivity index is 4.01. The summed E-state index contributed by atoms with van der Waals surface area (Å²) in [6.07, 6.45) is 6.36. The molecule has 70 valence electrons. The minimum Gasteiger partial charge on any atom is -0.301 e. The molecule has 1 heteroatoms. The average molecular weight is 167 g/mol. The van der Waals surface area contributed by atoms with Crippen LogP contribution in [0.3, 0.4) is 0 Å². The zero-order valence-electron chi connectivity index (χ0n) is 8.94. The van der Waals surface area contributed by atoms with Crippen LogP contribution in [0.4, 0.5) is 0 Å². The van der Waals surface area contributed by atoms with Gasteiger partial charge >= 0.3 is 0 Å². The van der Waals surface area contributed by atoms with Crippen molar-refractivity contribution >= 4 is 0 Å². The van der Waals surface area contributed by atoms with Gasteiger partial charge in [-0.15, -0.1) is 6.42 Å². The fourth-order valence-corrected chi connectivity index (χ4v) is 0.836. The van der Waals surface area contributed by atoms with Gasteiger partial charge in [-0.05, 0) is 18.8 Å². The first-order valence-corrected chi connectivity index (χ1v) is 4.64. The van der Waals surface area contributed by atoms with E-state index in [1.165, 1.54) is 0 Å². The van der Waals surface area contributed by atoms with E-state index in [1.54, 1.807) is 0 Å². The highest BCUT2D eigenvalue weighted by molar-refractivity contribution is 4.99. The molecule has 0 rings (SSSR count). The third-order valence-electron chi connectivity index (χ3n) is 2.36. The van der Waals surface area contributed by atoms with Crippen molar-refractivity contribution in [1.82, 2.24) is 5.32 Å². The highest BCUT2D eigenvalue weighted by Crippen LogP contribution is 2.19. The van der Waals surface area contributed by atoms with Crippen LogP contribution in [0.2, 0.25) is 0 Å². The number of hydrogen-bond acceptors (Lipinski definition) is 1. The average Bonchev–Trinajstić information content (AvgIpc) is 1.97. The van der Waals surface area contributed by atoms with Gasteiger partial charge in [0.1, 0.15) is 0 Å². The lowest BCUT2D eigenvalue weighted by atomic mass is 9.87. The Morgan fingerprint density at radius 3 is 2.17 bits per heavy atom. The van der Waals surface area contributed by atoms with Crippen molar-refractivity contribution in [1.29, 1.82) is 0 Å². The third kappa shape index (κ3) is 3.78. The molecule has 0 bridgehead atoms. The van der Waals surface area contributed by atoms with Crippen molar-refractivity contribution in [3.63, 3.8) is 0 Å². The Kier molecular flexibility index (Phi) is 4.34. The quantitative estimate of drug-likeness (QED) is 0.637. The fraction of sp³-hybridized carbons (Fsp3) is 0.818. The Labute approximate surface area is 76.9 Å². The smallest absolute Gasteiger partial charge is 0.0686 e. The van der Waals surface area contributed by atoms with Crippen molar-refractivity contribution in [3.8, 4) is 12.3 Å². The summed E-state index contributed by atoms with van der Waals surface area (Å²) in [5, 5.41) is 3.42. The molecule has 2 unspecified atom stereocenters. The van der Waals surface area contributed by atoms with Gasteiger partial charge in [0.05, 0.1) is 6.04 Å². The molecule has 0 amide bonds. The van der Waals surface area contributed by atoms with Crippen LogP contribution in [0.25, 0.3) is 0 Å². The molecule has 1 N–H and O–H groups in total. The molecule has 0 fully saturated rings. The minimum absolute atomic E-state index is 0.222. The molecule has 0 spiro atoms. The van der Waals surface area contributed by atoms with Crippen molar-refractivity contribution < 1.29 is 0 Å². The zero-order chi connectivity index (χ0) is 9.78. The summed E-state index contributed by atoms with van der Waals surface area (Å²) < 4.78 is 0. The number of terminal acetylenes is 1. The van der Waals surface area contributed by atoms with Gasteiger partial charge < -0.3 is 5.32 Å². The van der Waals surface area contributed by atoms with Gasteiger partial charge in [0.25, 0.3) is 0 Å². The van der Waals surface area contributed by atoms with Gasteiger partial charge in [-0.3, -0.25) is 0 Å². The van der Waals surface area contributed by atoms with Gasteiger partial charge in [-0.25, -0.2) is 0 Å². The van der Waals surface area contributed by atoms with Crippen molar-refractivity contribution in [3.05, 3.63) is 0 Å². The standard InChI is InChI=1S/C11H21N/c1-7-10(8-2)12-9(3)11(4,5)6/h1,9-10,12H,8H2,2-6H3. The van der Waals surface area contributed by atoms with Crippen LogP contribution < -0.4 is 5.32 Å². The Morgan fingerprint density at radius 1 is 1.42 bits per heavy atom. The summed E-state index contributed by atoms with van der Waals surface area (Å²) in [4.78, 5) is 0. The van der Waals surface area contributed by atoms with Gasteiger partial charge in [-0.1, -0.05) is 33.6 Å². The number of rotatable bonds is 3. The predicted molar refractivity (Wildman–Crippen MR) is 55.0 cm³/mol. The minimum atomic E-state index is 0.222. The van der Waals surface area contributed by atoms with E-state index in [0.29, 0.717) is 6.04 Å². The second kappa shape index (κ2) is 4.52. The van der Waals surface area contributed by atoms with Crippen LogP contribution in [0.1, 0.15) is 41.0 Å². The van der Waals surface area contributed by atoms with Crippen molar-refractivity contribution in [2.24, 2.45) is 5.41 Å². The molecule has 0 radical (unpaired) electrons. The molecule has 1 nitrogen and oxygen atoms in total. The molecular weight excluding hydrogens is 146 g/mol. The maximum absolute atomic E-state index is 5.36. The van der Waals surface area contributed by atoms with Crippen LogP contribution in [0.15, 0.2) is 0 Å². The second-order valence-electron chi connectivity index (χ2n) is 4.38. The van der Waals surface area contributed by atoms with Crippen LogP contribution in [0, 0.1) is 17.8 Å². The van der Waals surface area contributed by atoms with Crippen LogP contribution in [0.5, 0.6) is 0 Å². The molecule has 0 aromatic rings. The molecule has 0 aliphatic carbocycles. The molecular formula is C11H21N. The zero-order valence-corrected chi connectivity index (χ0v) is 8.94. The van der Waals surface area contributed by atoms with Gasteiger partial charge in [-0.2, -0.15) is 0 Å². The van der Waals surface area contributed by atoms with Crippen molar-refractivity contribution in [2.45, 2.75) is 53.1 Å². The maximum Gasteiger partial charge on any atom is 0.0686 e. The number of hydrogen-bond donors (Lipinski definition) is 1. The van der Waals surface area contributed by atoms with Crippen LogP contribution in [-0.2, 0) is 0 Å². The van der Waals surface area contributed by atoms with E-state index in [1.807, 2.05) is 0 Å². The van der Waals surface area contributed by atoms with Crippen LogP contribution >= 0.6 is 0 Å². The van der Waals surface area contributed by atoms with E-state index in [-0.39, 0.29) is 11.5 Å². The Bertz CT molecular complexity index is 159. The van der Waals surface area contributed by atoms with Gasteiger partial charge in [0, 0.05) is 6.04 Å². The third-order valence-corrected chi connectivity index (χ3v) is 2.36. The fourth-order valence-electron chi connectivity index (χ4n) is 0.836. The summed E-state index contributed by atoms with van der Waals surface area (Å²) in [5.74, 6) is 2.74. The maximum atomic E-state index is 5.36. The molecule has 0 saturated carbocycles. The normalized spacial score (nSPS) is 16.7. The van der Waals surface area contributed by atoms with Gasteiger partial charge in [0.15, 0.2) is 0 Å². The first-order valence-electron chi connectivity index (χ1n) is 4.64. The lowest BCUT2D eigenvalue weighted by Gasteiger charge is -2.30. The largest absolute Gasteiger partial charge is 0.301 e. The molecule has 2 atom stereocenters. The lowest BCUT2D eigenvalue weighted by Crippen LogP contribution is -2.43. The second-order valence-corrected chi connectivity index (χ2v) is 4.38. The van der Waals surface area contributed by atoms with E-state index in [0.717, 1.165) is 6.42 Å². The van der Waals surface area contributed by atoms with E-state index >= 15 is 0 Å².